The number of hydrogen-bond donors (Lipinski definition) is 5. The van der Waals surface area contributed by atoms with Crippen molar-refractivity contribution in [3.63, 3.8) is 0 Å². The second kappa shape index (κ2) is 10.9. The molecule has 3 aromatic carbocycles. The average Bonchev–Trinajstić information content (AvgIpc) is 3.42. The van der Waals surface area contributed by atoms with E-state index in [1.54, 1.807) is 6.20 Å². The Kier molecular flexibility index (Phi) is 6.89. The number of nitrogens with zero attached hydrogens (tertiary/aromatic N) is 2. The average molecular weight is 584 g/mol. The molecule has 2 atom stereocenters. The minimum absolute atomic E-state index is 0.0649. The van der Waals surface area contributed by atoms with E-state index in [1.165, 1.54) is 6.07 Å². The first-order valence-corrected chi connectivity index (χ1v) is 14.9. The van der Waals surface area contributed by atoms with Gasteiger partial charge in [0.05, 0.1) is 11.1 Å². The van der Waals surface area contributed by atoms with Gasteiger partial charge in [0.25, 0.3) is 5.91 Å². The number of guanidine groups is 1. The van der Waals surface area contributed by atoms with Crippen LogP contribution in [0.1, 0.15) is 36.0 Å². The van der Waals surface area contributed by atoms with Gasteiger partial charge in [-0.15, -0.1) is 0 Å². The van der Waals surface area contributed by atoms with Crippen LogP contribution in [-0.4, -0.2) is 55.2 Å². The van der Waals surface area contributed by atoms with Crippen molar-refractivity contribution in [2.24, 2.45) is 11.7 Å². The van der Waals surface area contributed by atoms with Crippen molar-refractivity contribution < 1.29 is 13.9 Å². The third kappa shape index (κ3) is 4.83. The SMILES string of the molecule is N=C(N)NCCCCNC(=O)c1cn2c3c(c(N4CC5CCCNC5C4)c(F)cc3c1=O)Oc1cc3ccccc3cc1-2. The second-order valence-electron chi connectivity index (χ2n) is 11.6. The van der Waals surface area contributed by atoms with Crippen LogP contribution in [0, 0.1) is 17.1 Å². The molecule has 2 unspecified atom stereocenters. The highest BCUT2D eigenvalue weighted by Crippen LogP contribution is 2.48. The number of unbranched alkanes of at least 4 members (excludes halogenated alkanes) is 1. The summed E-state index contributed by atoms with van der Waals surface area (Å²) < 4.78 is 24.5. The van der Waals surface area contributed by atoms with Gasteiger partial charge in [-0.25, -0.2) is 4.39 Å². The molecule has 11 heteroatoms. The van der Waals surface area contributed by atoms with Gasteiger partial charge >= 0.3 is 0 Å². The number of nitrogens with one attached hydrogen (secondary N) is 4. The van der Waals surface area contributed by atoms with E-state index in [9.17, 15) is 9.59 Å². The fraction of sp³-hybridized carbons (Fsp3) is 0.344. The molecule has 2 saturated heterocycles. The zero-order valence-electron chi connectivity index (χ0n) is 23.7. The first-order valence-electron chi connectivity index (χ1n) is 14.9. The van der Waals surface area contributed by atoms with Crippen molar-refractivity contribution in [3.8, 4) is 17.2 Å². The summed E-state index contributed by atoms with van der Waals surface area (Å²) >= 11 is 0. The van der Waals surface area contributed by atoms with E-state index in [0.717, 1.165) is 30.2 Å². The summed E-state index contributed by atoms with van der Waals surface area (Å²) in [5, 5.41) is 18.4. The minimum atomic E-state index is -0.543. The number of nitrogens with two attached hydrogens (primary N) is 1. The van der Waals surface area contributed by atoms with E-state index < -0.39 is 17.2 Å². The van der Waals surface area contributed by atoms with Gasteiger partial charge in [-0.1, -0.05) is 24.3 Å². The predicted octanol–water partition coefficient (Wildman–Crippen LogP) is 3.57. The molecule has 4 heterocycles. The number of fused-ring (bicyclic) bond motifs is 4. The summed E-state index contributed by atoms with van der Waals surface area (Å²) in [6, 6.07) is 13.3. The number of piperidine rings is 1. The van der Waals surface area contributed by atoms with E-state index in [0.29, 0.717) is 73.3 Å². The number of carbonyl (C=O) groups is 1. The van der Waals surface area contributed by atoms with Crippen LogP contribution in [0.2, 0.25) is 0 Å². The number of carbonyl (C=O) groups excluding carboxylic acids is 1. The van der Waals surface area contributed by atoms with Crippen molar-refractivity contribution in [3.05, 3.63) is 70.3 Å². The monoisotopic (exact) mass is 583 g/mol. The fourth-order valence-corrected chi connectivity index (χ4v) is 6.75. The molecule has 10 nitrogen and oxygen atoms in total. The molecule has 4 aromatic rings. The standard InChI is InChI=1S/C32H34FN7O3/c33-23-14-21-27-30(28(23)39-15-20-8-5-11-36-24(20)17-39)43-26-13-19-7-2-1-6-18(19)12-25(26)40(27)16-22(29(21)41)31(42)37-9-3-4-10-38-32(34)35/h1-2,6-7,12-14,16,20,24,36H,3-5,8-11,15,17H2,(H,37,42)(H4,34,35,38). The molecule has 7 rings (SSSR count). The number of amides is 1. The van der Waals surface area contributed by atoms with Gasteiger partial charge in [-0.05, 0) is 67.1 Å². The molecule has 0 aliphatic carbocycles. The Balaban J connectivity index is 1.33. The van der Waals surface area contributed by atoms with E-state index in [1.807, 2.05) is 45.9 Å². The lowest BCUT2D eigenvalue weighted by atomic mass is 9.94. The van der Waals surface area contributed by atoms with Crippen LogP contribution < -0.4 is 36.7 Å². The summed E-state index contributed by atoms with van der Waals surface area (Å²) in [6.07, 6.45) is 5.06. The Hall–Kier alpha value is -4.64. The highest BCUT2D eigenvalue weighted by Gasteiger charge is 2.38. The quantitative estimate of drug-likeness (QED) is 0.112. The molecule has 2 fully saturated rings. The Morgan fingerprint density at radius 2 is 1.88 bits per heavy atom. The van der Waals surface area contributed by atoms with Crippen molar-refractivity contribution >= 4 is 39.2 Å². The molecule has 3 aliphatic heterocycles. The van der Waals surface area contributed by atoms with Crippen LogP contribution in [0.4, 0.5) is 10.1 Å². The molecule has 6 N–H and O–H groups in total. The van der Waals surface area contributed by atoms with E-state index in [4.69, 9.17) is 15.9 Å². The topological polar surface area (TPSA) is 138 Å². The zero-order chi connectivity index (χ0) is 29.7. The first-order chi connectivity index (χ1) is 20.9. The number of hydrogen-bond acceptors (Lipinski definition) is 6. The molecule has 0 saturated carbocycles. The largest absolute Gasteiger partial charge is 0.451 e. The van der Waals surface area contributed by atoms with Gasteiger partial charge in [0.1, 0.15) is 16.8 Å². The number of benzene rings is 3. The number of anilines is 1. The Morgan fingerprint density at radius 3 is 2.65 bits per heavy atom. The lowest BCUT2D eigenvalue weighted by Crippen LogP contribution is -2.40. The Labute approximate surface area is 247 Å². The molecule has 43 heavy (non-hydrogen) atoms. The van der Waals surface area contributed by atoms with E-state index in [-0.39, 0.29) is 23.0 Å². The molecule has 1 amide bonds. The molecule has 1 aromatic heterocycles. The van der Waals surface area contributed by atoms with Crippen LogP contribution in [0.25, 0.3) is 27.4 Å². The van der Waals surface area contributed by atoms with Gasteiger partial charge in [0, 0.05) is 38.4 Å². The maximum absolute atomic E-state index is 16.2. The van der Waals surface area contributed by atoms with Crippen molar-refractivity contribution in [1.82, 2.24) is 20.5 Å². The van der Waals surface area contributed by atoms with Gasteiger partial charge in [0.2, 0.25) is 5.43 Å². The number of aromatic nitrogens is 1. The third-order valence-corrected chi connectivity index (χ3v) is 8.83. The number of halogens is 1. The Bertz CT molecular complexity index is 1820. The molecule has 222 valence electrons. The highest BCUT2D eigenvalue weighted by molar-refractivity contribution is 6.02. The fourth-order valence-electron chi connectivity index (χ4n) is 6.75. The third-order valence-electron chi connectivity index (χ3n) is 8.83. The van der Waals surface area contributed by atoms with Crippen LogP contribution in [0.5, 0.6) is 11.5 Å². The Morgan fingerprint density at radius 1 is 1.12 bits per heavy atom. The maximum Gasteiger partial charge on any atom is 0.256 e. The normalized spacial score (nSPS) is 18.7. The molecular weight excluding hydrogens is 549 g/mol. The zero-order valence-corrected chi connectivity index (χ0v) is 23.7. The van der Waals surface area contributed by atoms with E-state index >= 15 is 4.39 Å². The highest BCUT2D eigenvalue weighted by atomic mass is 19.1. The number of rotatable bonds is 7. The molecule has 0 spiro atoms. The van der Waals surface area contributed by atoms with Crippen LogP contribution >= 0.6 is 0 Å². The van der Waals surface area contributed by atoms with Gasteiger partial charge < -0.3 is 35.9 Å². The predicted molar refractivity (Wildman–Crippen MR) is 165 cm³/mol. The van der Waals surface area contributed by atoms with Crippen molar-refractivity contribution in [2.75, 3.05) is 37.6 Å². The van der Waals surface area contributed by atoms with E-state index in [2.05, 4.69) is 16.0 Å². The summed E-state index contributed by atoms with van der Waals surface area (Å²) in [4.78, 5) is 29.1. The van der Waals surface area contributed by atoms with Gasteiger partial charge in [-0.2, -0.15) is 0 Å². The molecule has 0 radical (unpaired) electrons. The molecule has 0 bridgehead atoms. The lowest BCUT2D eigenvalue weighted by molar-refractivity contribution is 0.0951. The molecule has 3 aliphatic rings. The summed E-state index contributed by atoms with van der Waals surface area (Å²) in [6.45, 7) is 3.16. The smallest absolute Gasteiger partial charge is 0.256 e. The van der Waals surface area contributed by atoms with Crippen LogP contribution in [0.3, 0.4) is 0 Å². The van der Waals surface area contributed by atoms with Gasteiger partial charge in [-0.3, -0.25) is 15.0 Å². The second-order valence-corrected chi connectivity index (χ2v) is 11.6. The lowest BCUT2D eigenvalue weighted by Gasteiger charge is -2.29. The summed E-state index contributed by atoms with van der Waals surface area (Å²) in [7, 11) is 0. The summed E-state index contributed by atoms with van der Waals surface area (Å²) in [5.41, 5.74) is 6.19. The maximum atomic E-state index is 16.2. The van der Waals surface area contributed by atoms with Crippen molar-refractivity contribution in [1.29, 1.82) is 5.41 Å². The first kappa shape index (κ1) is 27.2. The molecular formula is C32H34FN7O3. The summed E-state index contributed by atoms with van der Waals surface area (Å²) in [5.74, 6) is 0.0888. The minimum Gasteiger partial charge on any atom is -0.451 e. The van der Waals surface area contributed by atoms with Crippen LogP contribution in [-0.2, 0) is 0 Å². The van der Waals surface area contributed by atoms with Crippen LogP contribution in [0.15, 0.2) is 53.5 Å². The van der Waals surface area contributed by atoms with Crippen molar-refractivity contribution in [2.45, 2.75) is 31.7 Å². The van der Waals surface area contributed by atoms with Gasteiger partial charge in [0.15, 0.2) is 23.3 Å². The number of ether oxygens (including phenoxy) is 1. The number of pyridine rings is 1.